The molecular weight excluding hydrogens is 951 g/mol. The average Bonchev–Trinajstić information content (AvgIpc) is 3.65. The summed E-state index contributed by atoms with van der Waals surface area (Å²) in [6.07, 6.45) is 6.90. The summed E-state index contributed by atoms with van der Waals surface area (Å²) in [5.41, 5.74) is 17.2. The van der Waals surface area contributed by atoms with Crippen molar-refractivity contribution < 1.29 is 24.5 Å². The summed E-state index contributed by atoms with van der Waals surface area (Å²) < 4.78 is 6.36. The van der Waals surface area contributed by atoms with Crippen LogP contribution in [0.15, 0.2) is 169 Å². The van der Waals surface area contributed by atoms with Gasteiger partial charge in [0.1, 0.15) is 11.2 Å². The van der Waals surface area contributed by atoms with Crippen molar-refractivity contribution in [3.8, 4) is 44.9 Å². The van der Waals surface area contributed by atoms with E-state index in [0.29, 0.717) is 5.92 Å². The molecule has 0 aliphatic rings. The molecule has 0 spiro atoms. The smallest absolute Gasteiger partial charge is 0.144 e. The van der Waals surface area contributed by atoms with Crippen molar-refractivity contribution >= 4 is 35.2 Å². The van der Waals surface area contributed by atoms with Crippen LogP contribution in [0.5, 0.6) is 0 Å². The van der Waals surface area contributed by atoms with Gasteiger partial charge < -0.3 is 4.42 Å². The van der Waals surface area contributed by atoms with Crippen molar-refractivity contribution in [3.05, 3.63) is 192 Å². The Bertz CT molecular complexity index is 2880. The number of hydrogen-bond acceptors (Lipinski definition) is 4. The molecule has 0 amide bonds. The van der Waals surface area contributed by atoms with Crippen LogP contribution in [0.1, 0.15) is 54.5 Å². The number of fused-ring (bicyclic) bond motifs is 3. The van der Waals surface area contributed by atoms with E-state index in [-0.39, 0.29) is 20.1 Å². The minimum Gasteiger partial charge on any atom is -0.455 e. The van der Waals surface area contributed by atoms with E-state index in [0.717, 1.165) is 51.0 Å². The Hall–Kier alpha value is -5.78. The maximum absolute atomic E-state index is 6.36. The molecular formula is C56H57IrN3OSi. The van der Waals surface area contributed by atoms with E-state index >= 15 is 0 Å². The molecule has 315 valence electrons. The minimum atomic E-state index is -1.33. The monoisotopic (exact) mass is 1010 g/mol. The Labute approximate surface area is 382 Å². The van der Waals surface area contributed by atoms with Crippen LogP contribution in [-0.2, 0) is 26.5 Å². The SMILES string of the molecule is CC(C)c1cc(-c2ccccc2)ncc1[Si](C)(C)C.CCc1ccnc(-c2ccccc2)c1.Cc1cc(C)cc(-c2ccc3c(c2)oc2c(-c4cc(C)ccn4)cccc23)c1.[Ir]. The van der Waals surface area contributed by atoms with Gasteiger partial charge in [0.15, 0.2) is 0 Å². The van der Waals surface area contributed by atoms with Crippen molar-refractivity contribution in [1.82, 2.24) is 15.0 Å². The zero-order chi connectivity index (χ0) is 43.1. The minimum absolute atomic E-state index is 0. The van der Waals surface area contributed by atoms with Gasteiger partial charge in [0.05, 0.1) is 25.2 Å². The predicted molar refractivity (Wildman–Crippen MR) is 262 cm³/mol. The first-order valence-electron chi connectivity index (χ1n) is 21.4. The number of pyridine rings is 3. The van der Waals surface area contributed by atoms with Crippen LogP contribution < -0.4 is 5.19 Å². The second-order valence-electron chi connectivity index (χ2n) is 17.3. The van der Waals surface area contributed by atoms with E-state index in [1.54, 1.807) is 0 Å². The van der Waals surface area contributed by atoms with Crippen molar-refractivity contribution in [3.63, 3.8) is 0 Å². The summed E-state index contributed by atoms with van der Waals surface area (Å²) in [4.78, 5) is 13.6. The summed E-state index contributed by atoms with van der Waals surface area (Å²) >= 11 is 0. The second-order valence-corrected chi connectivity index (χ2v) is 22.3. The molecule has 9 rings (SSSR count). The normalized spacial score (nSPS) is 11.1. The molecule has 9 aromatic rings. The molecule has 4 nitrogen and oxygen atoms in total. The van der Waals surface area contributed by atoms with Gasteiger partial charge >= 0.3 is 0 Å². The summed E-state index contributed by atoms with van der Waals surface area (Å²) in [6, 6.07) is 50.7. The predicted octanol–water partition coefficient (Wildman–Crippen LogP) is 15.0. The molecule has 0 bridgehead atoms. The molecule has 1 radical (unpaired) electrons. The molecule has 62 heavy (non-hydrogen) atoms. The Morgan fingerprint density at radius 2 is 1.16 bits per heavy atom. The number of aromatic nitrogens is 3. The van der Waals surface area contributed by atoms with Gasteiger partial charge in [0, 0.05) is 66.2 Å². The van der Waals surface area contributed by atoms with E-state index in [2.05, 4.69) is 193 Å². The third kappa shape index (κ3) is 11.0. The number of hydrogen-bond donors (Lipinski definition) is 0. The Kier molecular flexibility index (Phi) is 15.0. The van der Waals surface area contributed by atoms with Gasteiger partial charge in [-0.1, -0.05) is 149 Å². The topological polar surface area (TPSA) is 51.8 Å². The molecule has 0 saturated carbocycles. The molecule has 0 saturated heterocycles. The third-order valence-corrected chi connectivity index (χ3v) is 13.0. The van der Waals surface area contributed by atoms with Gasteiger partial charge in [0.25, 0.3) is 0 Å². The largest absolute Gasteiger partial charge is 0.455 e. The van der Waals surface area contributed by atoms with E-state index in [4.69, 9.17) is 9.40 Å². The van der Waals surface area contributed by atoms with Crippen LogP contribution in [0.25, 0.3) is 66.8 Å². The molecule has 0 atom stereocenters. The van der Waals surface area contributed by atoms with Gasteiger partial charge in [-0.3, -0.25) is 15.0 Å². The van der Waals surface area contributed by atoms with E-state index in [9.17, 15) is 0 Å². The van der Waals surface area contributed by atoms with E-state index in [1.807, 2.05) is 42.7 Å². The molecule has 0 unspecified atom stereocenters. The average molecular weight is 1010 g/mol. The third-order valence-electron chi connectivity index (χ3n) is 11.0. The standard InChI is InChI=1S/C26H21NO.C17H23NSi.C13H13N.Ir/c1-16-9-10-27-24(14-16)23-6-4-5-22-21-8-7-19(15-25(21)28-26(22)23)20-12-17(2)11-18(3)13-20;1-13(2)15-11-16(14-9-7-6-8-10-14)18-12-17(15)19(3,4)5;1-2-11-8-9-14-13(10-11)12-6-4-3-5-7-12;/h4-15H,1-3H3;6-13H,1-5H3;3-10H,2H2,1H3;. The Morgan fingerprint density at radius 3 is 1.77 bits per heavy atom. The fourth-order valence-electron chi connectivity index (χ4n) is 7.81. The van der Waals surface area contributed by atoms with Crippen molar-refractivity contribution in [1.29, 1.82) is 0 Å². The number of para-hydroxylation sites is 1. The maximum Gasteiger partial charge on any atom is 0.144 e. The molecule has 4 aromatic heterocycles. The zero-order valence-corrected chi connectivity index (χ0v) is 40.9. The van der Waals surface area contributed by atoms with Crippen LogP contribution in [0.3, 0.4) is 0 Å². The summed E-state index contributed by atoms with van der Waals surface area (Å²) in [7, 11) is -1.33. The second kappa shape index (κ2) is 20.4. The number of rotatable bonds is 7. The molecule has 0 N–H and O–H groups in total. The first kappa shape index (κ1) is 45.7. The number of nitrogens with zero attached hydrogens (tertiary/aromatic N) is 3. The maximum atomic E-state index is 6.36. The van der Waals surface area contributed by atoms with Gasteiger partial charge in [-0.2, -0.15) is 0 Å². The molecule has 0 fully saturated rings. The van der Waals surface area contributed by atoms with Crippen molar-refractivity contribution in [2.24, 2.45) is 0 Å². The number of furan rings is 1. The van der Waals surface area contributed by atoms with Crippen LogP contribution in [0.4, 0.5) is 0 Å². The van der Waals surface area contributed by atoms with E-state index in [1.165, 1.54) is 55.3 Å². The molecule has 0 aliphatic heterocycles. The summed E-state index contributed by atoms with van der Waals surface area (Å²) in [5, 5.41) is 3.75. The number of benzene rings is 5. The zero-order valence-electron chi connectivity index (χ0n) is 37.5. The van der Waals surface area contributed by atoms with Crippen LogP contribution in [0.2, 0.25) is 19.6 Å². The van der Waals surface area contributed by atoms with Gasteiger partial charge in [-0.15, -0.1) is 0 Å². The van der Waals surface area contributed by atoms with Crippen molar-refractivity contribution in [2.75, 3.05) is 0 Å². The van der Waals surface area contributed by atoms with Gasteiger partial charge in [0.2, 0.25) is 0 Å². The number of aryl methyl sites for hydroxylation is 4. The van der Waals surface area contributed by atoms with Crippen molar-refractivity contribution in [2.45, 2.75) is 73.5 Å². The van der Waals surface area contributed by atoms with Gasteiger partial charge in [-0.05, 0) is 115 Å². The van der Waals surface area contributed by atoms with Gasteiger partial charge in [-0.25, -0.2) is 0 Å². The fourth-order valence-corrected chi connectivity index (χ4v) is 9.49. The molecule has 0 aliphatic carbocycles. The summed E-state index contributed by atoms with van der Waals surface area (Å²) in [5.74, 6) is 0.548. The molecule has 4 heterocycles. The van der Waals surface area contributed by atoms with E-state index < -0.39 is 8.07 Å². The first-order valence-corrected chi connectivity index (χ1v) is 24.9. The first-order chi connectivity index (χ1) is 29.4. The summed E-state index contributed by atoms with van der Waals surface area (Å²) in [6.45, 7) is 20.2. The molecule has 5 aromatic carbocycles. The Balaban J connectivity index is 0.000000165. The Morgan fingerprint density at radius 1 is 0.532 bits per heavy atom. The quantitative estimate of drug-likeness (QED) is 0.149. The van der Waals surface area contributed by atoms with Crippen LogP contribution in [0, 0.1) is 20.8 Å². The fraction of sp³-hybridized carbons (Fsp3) is 0.196. The molecule has 6 heteroatoms. The van der Waals surface area contributed by atoms with Crippen LogP contribution >= 0.6 is 0 Å². The van der Waals surface area contributed by atoms with Crippen LogP contribution in [-0.4, -0.2) is 23.0 Å².